The summed E-state index contributed by atoms with van der Waals surface area (Å²) in [7, 11) is 0. The first-order chi connectivity index (χ1) is 13.1. The summed E-state index contributed by atoms with van der Waals surface area (Å²) in [5, 5.41) is 28.1. The van der Waals surface area contributed by atoms with Gasteiger partial charge in [0.15, 0.2) is 0 Å². The molecule has 0 saturated carbocycles. The van der Waals surface area contributed by atoms with Crippen molar-refractivity contribution in [1.82, 2.24) is 20.0 Å². The van der Waals surface area contributed by atoms with E-state index >= 15 is 0 Å². The number of aliphatic hydroxyl groups is 1. The Morgan fingerprint density at radius 3 is 2.93 bits per heavy atom. The number of aliphatic imine (C=N–C) groups is 2. The normalized spacial score (nSPS) is 16.6. The van der Waals surface area contributed by atoms with Crippen LogP contribution in [0.2, 0.25) is 0 Å². The number of hydrogen-bond acceptors (Lipinski definition) is 6. The molecule has 0 spiro atoms. The van der Waals surface area contributed by atoms with Gasteiger partial charge in [0.05, 0.1) is 36.6 Å². The smallest absolute Gasteiger partial charge is 0.248 e. The van der Waals surface area contributed by atoms with Gasteiger partial charge in [0.1, 0.15) is 6.61 Å². The fourth-order valence-electron chi connectivity index (χ4n) is 2.83. The molecule has 0 aromatic carbocycles. The molecule has 27 heavy (non-hydrogen) atoms. The maximum Gasteiger partial charge on any atom is 0.248 e. The van der Waals surface area contributed by atoms with Crippen molar-refractivity contribution in [3.8, 4) is 6.07 Å². The molecule has 1 amide bonds. The maximum atomic E-state index is 11.5. The maximum absolute atomic E-state index is 11.5. The second-order valence-corrected chi connectivity index (χ2v) is 6.27. The molecule has 1 aliphatic rings. The Morgan fingerprint density at radius 1 is 1.56 bits per heavy atom. The third kappa shape index (κ3) is 6.16. The van der Waals surface area contributed by atoms with Crippen molar-refractivity contribution in [3.63, 3.8) is 0 Å². The molecular formula is C17H26N8O2. The van der Waals surface area contributed by atoms with E-state index in [0.717, 1.165) is 18.5 Å². The number of guanidine groups is 1. The summed E-state index contributed by atoms with van der Waals surface area (Å²) in [5.41, 5.74) is 0.758. The van der Waals surface area contributed by atoms with E-state index in [1.165, 1.54) is 0 Å². The number of hydrogen-bond donors (Lipinski definition) is 3. The van der Waals surface area contributed by atoms with E-state index in [0.29, 0.717) is 32.1 Å². The van der Waals surface area contributed by atoms with Gasteiger partial charge in [0, 0.05) is 25.8 Å². The molecule has 2 heterocycles. The van der Waals surface area contributed by atoms with Gasteiger partial charge in [0.2, 0.25) is 11.9 Å². The number of nitrogens with zero attached hydrogens (tertiary/aromatic N) is 6. The number of nitriles is 1. The number of carbonyl (C=O) groups is 1. The average Bonchev–Trinajstić information content (AvgIpc) is 3.18. The van der Waals surface area contributed by atoms with Crippen LogP contribution >= 0.6 is 0 Å². The highest BCUT2D eigenvalue weighted by atomic mass is 16.3. The summed E-state index contributed by atoms with van der Waals surface area (Å²) < 4.78 is 1.87. The number of anilines is 1. The van der Waals surface area contributed by atoms with Crippen molar-refractivity contribution in [2.75, 3.05) is 38.1 Å². The van der Waals surface area contributed by atoms with Crippen LogP contribution in [0.3, 0.4) is 0 Å². The topological polar surface area (TPSA) is 131 Å². The number of aliphatic hydroxyl groups excluding tert-OH is 1. The van der Waals surface area contributed by atoms with E-state index in [4.69, 9.17) is 10.4 Å². The minimum Gasteiger partial charge on any atom is -0.387 e. The van der Waals surface area contributed by atoms with Gasteiger partial charge in [-0.15, -0.1) is 0 Å². The Labute approximate surface area is 158 Å². The number of piperidine rings is 1. The average molecular weight is 374 g/mol. The van der Waals surface area contributed by atoms with Crippen molar-refractivity contribution in [2.45, 2.75) is 31.8 Å². The summed E-state index contributed by atoms with van der Waals surface area (Å²) in [6.45, 7) is 7.12. The van der Waals surface area contributed by atoms with Crippen LogP contribution in [0.4, 0.5) is 5.69 Å². The molecular weight excluding hydrogens is 348 g/mol. The monoisotopic (exact) mass is 374 g/mol. The molecule has 0 unspecified atom stereocenters. The van der Waals surface area contributed by atoms with Crippen molar-refractivity contribution in [1.29, 1.82) is 5.26 Å². The number of rotatable bonds is 7. The summed E-state index contributed by atoms with van der Waals surface area (Å²) in [4.78, 5) is 21.4. The van der Waals surface area contributed by atoms with Gasteiger partial charge in [-0.1, -0.05) is 0 Å². The minimum absolute atomic E-state index is 0.206. The standard InChI is InChI=1S/C17H26N8O2/c1-13(9-18)20-5-6-21-17(19-2)23-14-10-22-25(11-14)15-3-7-24(8-4-15)16(27)12-26/h10-11,13,15,20,26H,2-8,12H2,1H3,(H,21,23)/t13-/m0/s1. The molecule has 1 aromatic rings. The Balaban J connectivity index is 1.85. The lowest BCUT2D eigenvalue weighted by Gasteiger charge is -2.31. The first-order valence-electron chi connectivity index (χ1n) is 8.91. The fraction of sp³-hybridized carbons (Fsp3) is 0.588. The molecule has 1 fully saturated rings. The quantitative estimate of drug-likeness (QED) is 0.350. The molecule has 1 aliphatic heterocycles. The Kier molecular flexibility index (Phi) is 7.91. The van der Waals surface area contributed by atoms with Crippen LogP contribution in [-0.2, 0) is 4.79 Å². The van der Waals surface area contributed by atoms with Crippen molar-refractivity contribution in [3.05, 3.63) is 12.4 Å². The summed E-state index contributed by atoms with van der Waals surface area (Å²) in [6.07, 6.45) is 5.15. The van der Waals surface area contributed by atoms with Crippen LogP contribution in [0.5, 0.6) is 0 Å². The largest absolute Gasteiger partial charge is 0.387 e. The van der Waals surface area contributed by atoms with Gasteiger partial charge in [-0.2, -0.15) is 10.4 Å². The first kappa shape index (κ1) is 20.5. The van der Waals surface area contributed by atoms with Gasteiger partial charge in [0.25, 0.3) is 0 Å². The van der Waals surface area contributed by atoms with Crippen LogP contribution in [0.1, 0.15) is 25.8 Å². The van der Waals surface area contributed by atoms with Crippen molar-refractivity contribution < 1.29 is 9.90 Å². The van der Waals surface area contributed by atoms with E-state index in [9.17, 15) is 4.79 Å². The highest BCUT2D eigenvalue weighted by Gasteiger charge is 2.23. The minimum atomic E-state index is -0.442. The third-order valence-corrected chi connectivity index (χ3v) is 4.35. The predicted octanol–water partition coefficient (Wildman–Crippen LogP) is 0.00908. The summed E-state index contributed by atoms with van der Waals surface area (Å²) in [6, 6.07) is 2.09. The second-order valence-electron chi connectivity index (χ2n) is 6.27. The molecule has 1 aromatic heterocycles. The zero-order valence-corrected chi connectivity index (χ0v) is 15.5. The van der Waals surface area contributed by atoms with Gasteiger partial charge in [-0.05, 0) is 26.5 Å². The van der Waals surface area contributed by atoms with E-state index in [1.54, 1.807) is 18.0 Å². The molecule has 2 rings (SSSR count). The Bertz CT molecular complexity index is 700. The number of carbonyl (C=O) groups excluding carboxylic acids is 1. The van der Waals surface area contributed by atoms with Crippen LogP contribution in [0, 0.1) is 11.3 Å². The summed E-state index contributed by atoms with van der Waals surface area (Å²) >= 11 is 0. The molecule has 0 radical (unpaired) electrons. The van der Waals surface area contributed by atoms with Gasteiger partial charge >= 0.3 is 0 Å². The number of amides is 1. The zero-order valence-electron chi connectivity index (χ0n) is 15.5. The second kappa shape index (κ2) is 10.4. The van der Waals surface area contributed by atoms with Crippen LogP contribution in [-0.4, -0.2) is 77.2 Å². The molecule has 146 valence electrons. The fourth-order valence-corrected chi connectivity index (χ4v) is 2.83. The van der Waals surface area contributed by atoms with E-state index < -0.39 is 6.61 Å². The molecule has 3 N–H and O–H groups in total. The van der Waals surface area contributed by atoms with Crippen LogP contribution < -0.4 is 10.6 Å². The zero-order chi connectivity index (χ0) is 19.6. The van der Waals surface area contributed by atoms with Crippen LogP contribution in [0.25, 0.3) is 0 Å². The lowest BCUT2D eigenvalue weighted by Crippen LogP contribution is -2.40. The van der Waals surface area contributed by atoms with E-state index in [2.05, 4.69) is 38.5 Å². The molecule has 10 heteroatoms. The lowest BCUT2D eigenvalue weighted by atomic mass is 10.1. The molecule has 0 bridgehead atoms. The predicted molar refractivity (Wildman–Crippen MR) is 103 cm³/mol. The number of aromatic nitrogens is 2. The highest BCUT2D eigenvalue weighted by molar-refractivity contribution is 5.96. The molecule has 1 saturated heterocycles. The first-order valence-corrected chi connectivity index (χ1v) is 8.91. The molecule has 0 aliphatic carbocycles. The van der Waals surface area contributed by atoms with Crippen LogP contribution in [0.15, 0.2) is 22.4 Å². The SMILES string of the molecule is C=NC(=NCCN[C@@H](C)C#N)Nc1cnn(C2CCN(C(=O)CO)CC2)c1. The van der Waals surface area contributed by atoms with Gasteiger partial charge in [-0.25, -0.2) is 9.98 Å². The number of likely N-dealkylation sites (tertiary alicyclic amines) is 1. The highest BCUT2D eigenvalue weighted by Crippen LogP contribution is 2.23. The van der Waals surface area contributed by atoms with Crippen molar-refractivity contribution in [2.24, 2.45) is 9.98 Å². The van der Waals surface area contributed by atoms with E-state index in [1.807, 2.05) is 10.9 Å². The Hall–Kier alpha value is -2.77. The van der Waals surface area contributed by atoms with E-state index in [-0.39, 0.29) is 18.0 Å². The number of nitrogens with one attached hydrogen (secondary N) is 2. The summed E-state index contributed by atoms with van der Waals surface area (Å²) in [5.74, 6) is 0.164. The van der Waals surface area contributed by atoms with Gasteiger partial charge < -0.3 is 20.6 Å². The molecule has 1 atom stereocenters. The Morgan fingerprint density at radius 2 is 2.30 bits per heavy atom. The van der Waals surface area contributed by atoms with Crippen molar-refractivity contribution >= 4 is 24.3 Å². The lowest BCUT2D eigenvalue weighted by molar-refractivity contribution is -0.135. The van der Waals surface area contributed by atoms with Gasteiger partial charge in [-0.3, -0.25) is 9.48 Å². The third-order valence-electron chi connectivity index (χ3n) is 4.35. The molecule has 10 nitrogen and oxygen atoms in total.